The van der Waals surface area contributed by atoms with Gasteiger partial charge in [0, 0.05) is 40.4 Å². The first kappa shape index (κ1) is 46.8. The number of hydrogen-bond donors (Lipinski definition) is 6. The Morgan fingerprint density at radius 1 is 0.984 bits per heavy atom. The van der Waals surface area contributed by atoms with Crippen molar-refractivity contribution in [3.63, 3.8) is 0 Å². The van der Waals surface area contributed by atoms with Crippen LogP contribution in [-0.2, 0) is 10.3 Å². The lowest BCUT2D eigenvalue weighted by Gasteiger charge is -2.47. The van der Waals surface area contributed by atoms with Gasteiger partial charge in [0.2, 0.25) is 5.91 Å². The van der Waals surface area contributed by atoms with Crippen LogP contribution in [0, 0.1) is 36.3 Å². The minimum atomic E-state index is -5.03. The molecule has 4 aliphatic rings. The number of urea groups is 1. The van der Waals surface area contributed by atoms with Crippen LogP contribution in [0.1, 0.15) is 87.2 Å². The largest absolute Gasteiger partial charge is 0.508 e. The van der Waals surface area contributed by atoms with Crippen LogP contribution >= 0.6 is 11.8 Å². The molecule has 2 aliphatic heterocycles. The number of aliphatic hydroxyl groups is 1. The molecule has 4 amide bonds. The zero-order valence-corrected chi connectivity index (χ0v) is 36.1. The third-order valence-electron chi connectivity index (χ3n) is 12.0. The Bertz CT molecular complexity index is 2110. The number of anilines is 1. The van der Waals surface area contributed by atoms with Gasteiger partial charge in [-0.15, -0.1) is 11.8 Å². The smallest absolute Gasteiger partial charge is 0.419 e. The zero-order valence-electron chi connectivity index (χ0n) is 35.3. The molecule has 6 N–H and O–H groups in total. The lowest BCUT2D eigenvalue weighted by Crippen LogP contribution is -2.60. The van der Waals surface area contributed by atoms with E-state index in [-0.39, 0.29) is 35.1 Å². The van der Waals surface area contributed by atoms with Gasteiger partial charge in [-0.05, 0) is 114 Å². The quantitative estimate of drug-likeness (QED) is 0.0644. The maximum atomic E-state index is 14.1. The Morgan fingerprint density at radius 3 is 2.34 bits per heavy atom. The number of alkyl halides is 3. The molecule has 3 aromatic rings. The second-order valence-corrected chi connectivity index (χ2v) is 18.9. The average Bonchev–Trinajstić information content (AvgIpc) is 4.05. The van der Waals surface area contributed by atoms with E-state index in [1.807, 2.05) is 51.1 Å². The summed E-state index contributed by atoms with van der Waals surface area (Å²) in [5.74, 6) is -1.81. The number of β-amino-alcohol motifs (C(OH)–C–C–N with tert-alkyl or cyclic N) is 1. The molecule has 0 aromatic heterocycles. The summed E-state index contributed by atoms with van der Waals surface area (Å²) in [6.07, 6.45) is 3.10. The number of carbonyl (C=O) groups excluding carboxylic acids is 3. The van der Waals surface area contributed by atoms with Gasteiger partial charge in [-0.2, -0.15) is 13.2 Å². The van der Waals surface area contributed by atoms with E-state index in [1.165, 1.54) is 18.9 Å². The van der Waals surface area contributed by atoms with Crippen molar-refractivity contribution < 1.29 is 46.5 Å². The van der Waals surface area contributed by atoms with Gasteiger partial charge in [-0.25, -0.2) is 13.6 Å². The molecule has 336 valence electrons. The van der Waals surface area contributed by atoms with Gasteiger partial charge in [-0.1, -0.05) is 49.6 Å². The van der Waals surface area contributed by atoms with E-state index in [1.54, 1.807) is 42.2 Å². The lowest BCUT2D eigenvalue weighted by atomic mass is 9.72. The summed E-state index contributed by atoms with van der Waals surface area (Å²) in [7, 11) is 0. The van der Waals surface area contributed by atoms with E-state index >= 15 is 0 Å². The summed E-state index contributed by atoms with van der Waals surface area (Å²) in [5, 5.41) is 31.8. The van der Waals surface area contributed by atoms with Crippen molar-refractivity contribution in [3.8, 4) is 5.75 Å². The van der Waals surface area contributed by atoms with E-state index in [2.05, 4.69) is 20.9 Å². The molecule has 10 nitrogen and oxygen atoms in total. The Balaban J connectivity index is 0.000000245. The molecular weight excluding hydrogens is 830 g/mol. The number of aliphatic hydroxyl groups excluding tert-OH is 1. The van der Waals surface area contributed by atoms with Gasteiger partial charge in [0.1, 0.15) is 5.75 Å². The Kier molecular flexibility index (Phi) is 14.6. The molecular formula is C46H56F5N5O5S. The summed E-state index contributed by atoms with van der Waals surface area (Å²) < 4.78 is 68.5. The highest BCUT2D eigenvalue weighted by atomic mass is 32.2. The molecule has 16 heteroatoms. The van der Waals surface area contributed by atoms with E-state index in [0.29, 0.717) is 47.4 Å². The van der Waals surface area contributed by atoms with Gasteiger partial charge in [0.25, 0.3) is 5.91 Å². The number of piperidine rings is 1. The highest BCUT2D eigenvalue weighted by Crippen LogP contribution is 2.48. The third-order valence-corrected chi connectivity index (χ3v) is 13.1. The molecule has 0 bridgehead atoms. The Morgan fingerprint density at radius 2 is 1.68 bits per heavy atom. The zero-order chi connectivity index (χ0) is 45.0. The predicted molar refractivity (Wildman–Crippen MR) is 229 cm³/mol. The van der Waals surface area contributed by atoms with Gasteiger partial charge in [0.15, 0.2) is 17.2 Å². The van der Waals surface area contributed by atoms with E-state index in [9.17, 15) is 46.5 Å². The van der Waals surface area contributed by atoms with Crippen LogP contribution in [-0.4, -0.2) is 81.7 Å². The molecule has 2 heterocycles. The fourth-order valence-electron chi connectivity index (χ4n) is 8.50. The molecule has 3 fully saturated rings. The minimum absolute atomic E-state index is 0.0124. The van der Waals surface area contributed by atoms with Crippen LogP contribution in [0.15, 0.2) is 77.7 Å². The number of nitrogens with one attached hydrogen (secondary N) is 4. The number of likely N-dealkylation sites (tertiary alicyclic amines) is 1. The van der Waals surface area contributed by atoms with Crippen LogP contribution < -0.4 is 21.3 Å². The van der Waals surface area contributed by atoms with Crippen molar-refractivity contribution in [1.82, 2.24) is 20.9 Å². The highest BCUT2D eigenvalue weighted by Gasteiger charge is 2.60. The summed E-state index contributed by atoms with van der Waals surface area (Å²) in [6.45, 7) is 8.76. The van der Waals surface area contributed by atoms with Crippen molar-refractivity contribution in [2.75, 3.05) is 24.2 Å². The van der Waals surface area contributed by atoms with Crippen LogP contribution in [0.2, 0.25) is 0 Å². The standard InChI is InChI=1S/C32H45N3O4S.C14H11F5N2O/c1-21-25(15-10-16-28(21)36)30(38)33-26(20-40-24-13-6-5-7-14-24)29(37)19-35-18-23-12-9-8-11-22(23)17-27(35)31(39)34-32(2,3)4;15-8-3-4-9-10(11(8)16)13(14(17,18)19,21-12(22)20-9)6-5-7-1-2-7/h5-7,10,13-16,22-23,26-27,29,36-37H,8-9,11-12,17-20H2,1-4H3,(H,33,38)(H,34,39);3-7H,1-2H2,(H2,20,21,22)/b;6-5+/t22-,23+,26-,27-,29+;13-/m00/s1. The maximum absolute atomic E-state index is 14.1. The number of fused-ring (bicyclic) bond motifs is 2. The molecule has 0 radical (unpaired) electrons. The fraction of sp³-hybridized carbons (Fsp3) is 0.500. The number of rotatable bonds is 11. The third kappa shape index (κ3) is 11.3. The number of phenolic OH excluding ortho intramolecular Hbond substituents is 1. The molecule has 2 saturated carbocycles. The number of aromatic hydroxyl groups is 1. The number of carbonyl (C=O) groups is 3. The highest BCUT2D eigenvalue weighted by molar-refractivity contribution is 7.99. The molecule has 2 aliphatic carbocycles. The van der Waals surface area contributed by atoms with E-state index in [0.717, 1.165) is 49.6 Å². The molecule has 1 saturated heterocycles. The summed E-state index contributed by atoms with van der Waals surface area (Å²) in [5.41, 5.74) is -3.90. The molecule has 0 spiro atoms. The van der Waals surface area contributed by atoms with E-state index in [4.69, 9.17) is 0 Å². The number of nitrogens with zero attached hydrogens (tertiary/aromatic N) is 1. The molecule has 0 unspecified atom stereocenters. The summed E-state index contributed by atoms with van der Waals surface area (Å²) >= 11 is 1.57. The second-order valence-electron chi connectivity index (χ2n) is 17.8. The van der Waals surface area contributed by atoms with Crippen LogP contribution in [0.5, 0.6) is 5.75 Å². The first-order chi connectivity index (χ1) is 29.3. The Labute approximate surface area is 363 Å². The number of halogens is 5. The monoisotopic (exact) mass is 885 g/mol. The number of phenols is 1. The summed E-state index contributed by atoms with van der Waals surface area (Å²) in [4.78, 5) is 41.6. The van der Waals surface area contributed by atoms with Gasteiger partial charge in [0.05, 0.1) is 29.4 Å². The average molecular weight is 886 g/mol. The SMILES string of the molecule is Cc1c(O)cccc1C(=O)N[C@@H](CSc1ccccc1)[C@H](O)CN1C[C@H]2CCCC[C@H]2C[C@H]1C(=O)NC(C)(C)C.O=C1Nc2ccc(F)c(F)c2[C@@](/C=C/C2CC2)(C(F)(F)F)N1. The number of benzene rings is 3. The maximum Gasteiger partial charge on any atom is 0.419 e. The topological polar surface area (TPSA) is 143 Å². The van der Waals surface area contributed by atoms with Crippen LogP contribution in [0.25, 0.3) is 0 Å². The van der Waals surface area contributed by atoms with Crippen molar-refractivity contribution in [3.05, 3.63) is 101 Å². The first-order valence-corrected chi connectivity index (χ1v) is 22.1. The Hall–Kier alpha value is -4.67. The van der Waals surface area contributed by atoms with Crippen molar-refractivity contribution in [2.45, 2.75) is 113 Å². The molecule has 3 aromatic carbocycles. The first-order valence-electron chi connectivity index (χ1n) is 21.1. The minimum Gasteiger partial charge on any atom is -0.508 e. The number of amides is 4. The van der Waals surface area contributed by atoms with Crippen molar-refractivity contribution >= 4 is 35.3 Å². The number of thioether (sulfide) groups is 1. The van der Waals surface area contributed by atoms with Crippen molar-refractivity contribution in [1.29, 1.82) is 0 Å². The van der Waals surface area contributed by atoms with E-state index < -0.39 is 52.8 Å². The van der Waals surface area contributed by atoms with Crippen LogP contribution in [0.3, 0.4) is 0 Å². The molecule has 62 heavy (non-hydrogen) atoms. The van der Waals surface area contributed by atoms with Gasteiger partial charge < -0.3 is 31.5 Å². The van der Waals surface area contributed by atoms with Gasteiger partial charge in [-0.3, -0.25) is 14.5 Å². The predicted octanol–water partition coefficient (Wildman–Crippen LogP) is 8.57. The van der Waals surface area contributed by atoms with Crippen molar-refractivity contribution in [2.24, 2.45) is 17.8 Å². The number of allylic oxidation sites excluding steroid dienone is 1. The van der Waals surface area contributed by atoms with Gasteiger partial charge >= 0.3 is 12.2 Å². The fourth-order valence-corrected chi connectivity index (χ4v) is 9.53. The lowest BCUT2D eigenvalue weighted by molar-refractivity contribution is -0.182. The van der Waals surface area contributed by atoms with Crippen LogP contribution in [0.4, 0.5) is 32.4 Å². The second kappa shape index (κ2) is 19.4. The normalized spacial score (nSPS) is 23.7. The summed E-state index contributed by atoms with van der Waals surface area (Å²) in [6, 6.07) is 14.4. The molecule has 6 atom stereocenters. The number of hydrogen-bond acceptors (Lipinski definition) is 7. The molecule has 7 rings (SSSR count).